The molecule has 5 heteroatoms. The average Bonchev–Trinajstić information content (AvgIpc) is 2.46. The number of likely N-dealkylation sites (tertiary alicyclic amines) is 1. The topological polar surface area (TPSA) is 59.0 Å². The third-order valence-corrected chi connectivity index (χ3v) is 3.75. The van der Waals surface area contributed by atoms with Crippen LogP contribution in [0, 0.1) is 0 Å². The third-order valence-electron chi connectivity index (χ3n) is 3.75. The summed E-state index contributed by atoms with van der Waals surface area (Å²) in [5.41, 5.74) is 0.329. The SMILES string of the molecule is COc1ccc(O)c(C2CCCN(C(=O)OC(C)(C)C)C2)c1. The first-order valence-electron chi connectivity index (χ1n) is 7.65. The van der Waals surface area contributed by atoms with Crippen molar-refractivity contribution >= 4 is 6.09 Å². The zero-order valence-corrected chi connectivity index (χ0v) is 13.8. The Morgan fingerprint density at radius 3 is 2.73 bits per heavy atom. The third kappa shape index (κ3) is 4.06. The van der Waals surface area contributed by atoms with Gasteiger partial charge < -0.3 is 19.5 Å². The first-order chi connectivity index (χ1) is 10.3. The molecule has 0 radical (unpaired) electrons. The Morgan fingerprint density at radius 2 is 2.09 bits per heavy atom. The summed E-state index contributed by atoms with van der Waals surface area (Å²) in [5, 5.41) is 10.1. The number of benzene rings is 1. The van der Waals surface area contributed by atoms with E-state index < -0.39 is 5.60 Å². The highest BCUT2D eigenvalue weighted by atomic mass is 16.6. The van der Waals surface area contributed by atoms with Crippen molar-refractivity contribution in [3.63, 3.8) is 0 Å². The largest absolute Gasteiger partial charge is 0.508 e. The lowest BCUT2D eigenvalue weighted by molar-refractivity contribution is 0.0197. The molecule has 0 aliphatic carbocycles. The van der Waals surface area contributed by atoms with Crippen molar-refractivity contribution in [1.82, 2.24) is 4.90 Å². The maximum absolute atomic E-state index is 12.2. The van der Waals surface area contributed by atoms with Crippen molar-refractivity contribution in [1.29, 1.82) is 0 Å². The van der Waals surface area contributed by atoms with E-state index in [4.69, 9.17) is 9.47 Å². The summed E-state index contributed by atoms with van der Waals surface area (Å²) in [7, 11) is 1.60. The number of carbonyl (C=O) groups is 1. The number of carbonyl (C=O) groups excluding carboxylic acids is 1. The minimum Gasteiger partial charge on any atom is -0.508 e. The second-order valence-corrected chi connectivity index (χ2v) is 6.69. The molecule has 1 heterocycles. The number of piperidine rings is 1. The van der Waals surface area contributed by atoms with Crippen LogP contribution in [-0.4, -0.2) is 41.9 Å². The number of aromatic hydroxyl groups is 1. The highest BCUT2D eigenvalue weighted by Crippen LogP contribution is 2.35. The van der Waals surface area contributed by atoms with Gasteiger partial charge in [-0.25, -0.2) is 4.79 Å². The Hall–Kier alpha value is -1.91. The van der Waals surface area contributed by atoms with Crippen molar-refractivity contribution < 1.29 is 19.4 Å². The van der Waals surface area contributed by atoms with Crippen molar-refractivity contribution in [3.05, 3.63) is 23.8 Å². The van der Waals surface area contributed by atoms with Gasteiger partial charge in [0, 0.05) is 24.6 Å². The fourth-order valence-corrected chi connectivity index (χ4v) is 2.71. The number of phenolic OH excluding ortho intramolecular Hbond substituents is 1. The van der Waals surface area contributed by atoms with E-state index in [-0.39, 0.29) is 17.8 Å². The smallest absolute Gasteiger partial charge is 0.410 e. The molecule has 1 amide bonds. The second kappa shape index (κ2) is 6.46. The predicted molar refractivity (Wildman–Crippen MR) is 84.4 cm³/mol. The highest BCUT2D eigenvalue weighted by Gasteiger charge is 2.29. The lowest BCUT2D eigenvalue weighted by atomic mass is 9.90. The molecule has 1 aliphatic rings. The zero-order valence-electron chi connectivity index (χ0n) is 13.8. The molecular formula is C17H25NO4. The monoisotopic (exact) mass is 307 g/mol. The van der Waals surface area contributed by atoms with Gasteiger partial charge in [-0.1, -0.05) is 0 Å². The molecule has 0 aromatic heterocycles. The molecule has 1 aromatic carbocycles. The molecule has 122 valence electrons. The van der Waals surface area contributed by atoms with Crippen LogP contribution in [0.1, 0.15) is 45.1 Å². The fourth-order valence-electron chi connectivity index (χ4n) is 2.71. The van der Waals surface area contributed by atoms with E-state index in [1.807, 2.05) is 26.8 Å². The zero-order chi connectivity index (χ0) is 16.3. The summed E-state index contributed by atoms with van der Waals surface area (Å²) >= 11 is 0. The molecule has 1 aromatic rings. The first-order valence-corrected chi connectivity index (χ1v) is 7.65. The molecule has 0 saturated carbocycles. The van der Waals surface area contributed by atoms with Crippen molar-refractivity contribution in [2.75, 3.05) is 20.2 Å². The number of methoxy groups -OCH3 is 1. The van der Waals surface area contributed by atoms with Crippen molar-refractivity contribution in [2.45, 2.75) is 45.1 Å². The van der Waals surface area contributed by atoms with Gasteiger partial charge in [0.15, 0.2) is 0 Å². The molecule has 5 nitrogen and oxygen atoms in total. The van der Waals surface area contributed by atoms with E-state index >= 15 is 0 Å². The molecule has 1 unspecified atom stereocenters. The minimum absolute atomic E-state index is 0.0939. The quantitative estimate of drug-likeness (QED) is 0.908. The lowest BCUT2D eigenvalue weighted by Gasteiger charge is -2.34. The minimum atomic E-state index is -0.498. The molecule has 0 spiro atoms. The van der Waals surface area contributed by atoms with Crippen LogP contribution in [0.15, 0.2) is 18.2 Å². The Labute approximate surface area is 131 Å². The van der Waals surface area contributed by atoms with Gasteiger partial charge in [-0.05, 0) is 51.8 Å². The van der Waals surface area contributed by atoms with E-state index in [0.717, 1.165) is 18.4 Å². The van der Waals surface area contributed by atoms with Gasteiger partial charge >= 0.3 is 6.09 Å². The molecule has 2 rings (SSSR count). The molecule has 0 bridgehead atoms. The van der Waals surface area contributed by atoms with Crippen LogP contribution in [0.25, 0.3) is 0 Å². The maximum atomic E-state index is 12.2. The number of phenols is 1. The highest BCUT2D eigenvalue weighted by molar-refractivity contribution is 5.68. The van der Waals surface area contributed by atoms with Gasteiger partial charge in [-0.3, -0.25) is 0 Å². The summed E-state index contributed by atoms with van der Waals surface area (Å²) in [4.78, 5) is 13.9. The van der Waals surface area contributed by atoms with Gasteiger partial charge in [-0.2, -0.15) is 0 Å². The Bertz CT molecular complexity index is 536. The van der Waals surface area contributed by atoms with Gasteiger partial charge in [0.05, 0.1) is 7.11 Å². The lowest BCUT2D eigenvalue weighted by Crippen LogP contribution is -2.42. The molecule has 1 N–H and O–H groups in total. The average molecular weight is 307 g/mol. The van der Waals surface area contributed by atoms with Crippen molar-refractivity contribution in [3.8, 4) is 11.5 Å². The van der Waals surface area contributed by atoms with Gasteiger partial charge in [-0.15, -0.1) is 0 Å². The van der Waals surface area contributed by atoms with Crippen LogP contribution < -0.4 is 4.74 Å². The number of hydrogen-bond acceptors (Lipinski definition) is 4. The number of hydrogen-bond donors (Lipinski definition) is 1. The number of amides is 1. The molecule has 1 fully saturated rings. The Balaban J connectivity index is 2.12. The van der Waals surface area contributed by atoms with E-state index in [1.165, 1.54) is 0 Å². The van der Waals surface area contributed by atoms with E-state index in [2.05, 4.69) is 0 Å². The normalized spacial score (nSPS) is 18.9. The van der Waals surface area contributed by atoms with Crippen LogP contribution >= 0.6 is 0 Å². The second-order valence-electron chi connectivity index (χ2n) is 6.69. The summed E-state index contributed by atoms with van der Waals surface area (Å²) in [6, 6.07) is 5.21. The maximum Gasteiger partial charge on any atom is 0.410 e. The first kappa shape index (κ1) is 16.5. The molecule has 1 saturated heterocycles. The number of ether oxygens (including phenoxy) is 2. The molecule has 1 atom stereocenters. The van der Waals surface area contributed by atoms with Gasteiger partial charge in [0.2, 0.25) is 0 Å². The summed E-state index contributed by atoms with van der Waals surface area (Å²) in [6.07, 6.45) is 1.53. The van der Waals surface area contributed by atoms with Crippen LogP contribution in [-0.2, 0) is 4.74 Å². The predicted octanol–water partition coefficient (Wildman–Crippen LogP) is 3.52. The summed E-state index contributed by atoms with van der Waals surface area (Å²) < 4.78 is 10.7. The molecule has 22 heavy (non-hydrogen) atoms. The number of rotatable bonds is 2. The van der Waals surface area contributed by atoms with E-state index in [9.17, 15) is 9.90 Å². The Morgan fingerprint density at radius 1 is 1.36 bits per heavy atom. The van der Waals surface area contributed by atoms with E-state index in [1.54, 1.807) is 24.1 Å². The van der Waals surface area contributed by atoms with Crippen LogP contribution in [0.3, 0.4) is 0 Å². The van der Waals surface area contributed by atoms with Gasteiger partial charge in [0.1, 0.15) is 17.1 Å². The van der Waals surface area contributed by atoms with Crippen LogP contribution in [0.2, 0.25) is 0 Å². The fraction of sp³-hybridized carbons (Fsp3) is 0.588. The van der Waals surface area contributed by atoms with E-state index in [0.29, 0.717) is 18.8 Å². The Kier molecular flexibility index (Phi) is 4.84. The van der Waals surface area contributed by atoms with Gasteiger partial charge in [0.25, 0.3) is 0 Å². The summed E-state index contributed by atoms with van der Waals surface area (Å²) in [6.45, 7) is 6.83. The van der Waals surface area contributed by atoms with Crippen molar-refractivity contribution in [2.24, 2.45) is 0 Å². The van der Waals surface area contributed by atoms with Crippen LogP contribution in [0.5, 0.6) is 11.5 Å². The number of nitrogens with zero attached hydrogens (tertiary/aromatic N) is 1. The molecular weight excluding hydrogens is 282 g/mol. The standard InChI is InChI=1S/C17H25NO4/c1-17(2,3)22-16(20)18-9-5-6-12(11-18)14-10-13(21-4)7-8-15(14)19/h7-8,10,12,19H,5-6,9,11H2,1-4H3. The van der Waals surface area contributed by atoms with Crippen LogP contribution in [0.4, 0.5) is 4.79 Å². The molecule has 1 aliphatic heterocycles. The summed E-state index contributed by atoms with van der Waals surface area (Å²) in [5.74, 6) is 1.05.